The van der Waals surface area contributed by atoms with Crippen molar-refractivity contribution in [3.8, 4) is 5.75 Å². The predicted molar refractivity (Wildman–Crippen MR) is 133 cm³/mol. The highest BCUT2D eigenvalue weighted by atomic mass is 16.6. The molecule has 0 heterocycles. The molecule has 0 fully saturated rings. The lowest BCUT2D eigenvalue weighted by molar-refractivity contribution is -0.404. The topological polar surface area (TPSA) is 269 Å². The summed E-state index contributed by atoms with van der Waals surface area (Å²) in [5, 5.41) is 44.1. The van der Waals surface area contributed by atoms with Crippen LogP contribution in [0.15, 0.2) is 41.5 Å². The number of phenolic OH excluding ortho intramolecular Hbond substituents is 1. The van der Waals surface area contributed by atoms with Crippen molar-refractivity contribution in [2.45, 2.75) is 25.7 Å². The molecule has 17 heteroatoms. The van der Waals surface area contributed by atoms with Crippen LogP contribution in [0.25, 0.3) is 0 Å². The van der Waals surface area contributed by atoms with E-state index >= 15 is 0 Å². The molecular formula is C21H25N7O10. The number of nitrogens with zero attached hydrogens (tertiary/aromatic N) is 4. The van der Waals surface area contributed by atoms with Crippen molar-refractivity contribution in [1.29, 1.82) is 0 Å². The Hall–Kier alpha value is -5.19. The van der Waals surface area contributed by atoms with Gasteiger partial charge in [0.2, 0.25) is 0 Å². The minimum absolute atomic E-state index is 0.184. The minimum Gasteiger partial charge on any atom is -0.497 e. The molecule has 38 heavy (non-hydrogen) atoms. The number of carbonyl (C=O) groups excluding carboxylic acids is 2. The number of aromatic hydroxyl groups is 1. The average molecular weight is 535 g/mol. The van der Waals surface area contributed by atoms with Gasteiger partial charge in [-0.05, 0) is 36.5 Å². The highest BCUT2D eigenvalue weighted by molar-refractivity contribution is 5.89. The van der Waals surface area contributed by atoms with E-state index in [2.05, 4.69) is 22.2 Å². The number of carbonyl (C=O) groups is 2. The van der Waals surface area contributed by atoms with Crippen LogP contribution in [0.2, 0.25) is 0 Å². The predicted octanol–water partition coefficient (Wildman–Crippen LogP) is 2.46. The maximum atomic E-state index is 11.4. The summed E-state index contributed by atoms with van der Waals surface area (Å²) < 4.78 is 4.67. The first-order valence-electron chi connectivity index (χ1n) is 10.7. The summed E-state index contributed by atoms with van der Waals surface area (Å²) in [6.07, 6.45) is 1.47. The largest absolute Gasteiger partial charge is 0.497 e. The number of nitrogens with two attached hydrogens (primary N) is 2. The number of hydrogen-bond donors (Lipinski definition) is 4. The zero-order valence-corrected chi connectivity index (χ0v) is 20.2. The summed E-state index contributed by atoms with van der Waals surface area (Å²) in [4.78, 5) is 49.9. The number of nitrogens with one attached hydrogen (secondary N) is 1. The number of esters is 1. The molecule has 0 aliphatic rings. The molecule has 204 valence electrons. The zero-order chi connectivity index (χ0) is 29.0. The van der Waals surface area contributed by atoms with Crippen molar-refractivity contribution < 1.29 is 34.2 Å². The number of nitro groups is 3. The van der Waals surface area contributed by atoms with Crippen LogP contribution >= 0.6 is 0 Å². The molecule has 0 saturated carbocycles. The van der Waals surface area contributed by atoms with Gasteiger partial charge in [0.1, 0.15) is 0 Å². The van der Waals surface area contributed by atoms with E-state index < -0.39 is 43.6 Å². The molecule has 1 atom stereocenters. The highest BCUT2D eigenvalue weighted by Crippen LogP contribution is 2.39. The SMILES string of the molecule is CCC(CC(CN)=NNC(N)=O)c1ccc(C(=O)OC)cc1.O=[N+]([O-])c1cc([N+](=O)[O-])c(O)c([N+](=O)[O-])c1. The number of non-ortho nitro benzene ring substituents is 1. The van der Waals surface area contributed by atoms with Gasteiger partial charge in [-0.15, -0.1) is 0 Å². The number of hydrogen-bond acceptors (Lipinski definition) is 12. The summed E-state index contributed by atoms with van der Waals surface area (Å²) in [5.41, 5.74) is 12.0. The standard InChI is InChI=1S/C15H22N4O3.C6H3N3O7/c1-3-10(8-13(9-16)18-19-15(17)21)11-4-6-12(7-5-11)14(20)22-2;10-6-4(8(13)14)1-3(7(11)12)2-5(6)9(15)16/h4-7,10H,3,8-9,16H2,1-2H3,(H3,17,19,21);1-2,10H. The summed E-state index contributed by atoms with van der Waals surface area (Å²) in [6.45, 7) is 2.28. The summed E-state index contributed by atoms with van der Waals surface area (Å²) in [7, 11) is 1.35. The van der Waals surface area contributed by atoms with Gasteiger partial charge in [0, 0.05) is 6.54 Å². The Morgan fingerprint density at radius 2 is 1.58 bits per heavy atom. The van der Waals surface area contributed by atoms with Gasteiger partial charge in [-0.3, -0.25) is 30.3 Å². The number of amides is 2. The molecule has 0 bridgehead atoms. The Balaban J connectivity index is 0.000000399. The Kier molecular flexibility index (Phi) is 11.7. The van der Waals surface area contributed by atoms with E-state index in [0.29, 0.717) is 29.8 Å². The van der Waals surface area contributed by atoms with Gasteiger partial charge in [0.15, 0.2) is 0 Å². The van der Waals surface area contributed by atoms with Gasteiger partial charge in [0.25, 0.3) is 11.4 Å². The van der Waals surface area contributed by atoms with E-state index in [1.54, 1.807) is 12.1 Å². The molecule has 6 N–H and O–H groups in total. The number of phenols is 1. The lowest BCUT2D eigenvalue weighted by atomic mass is 9.90. The molecule has 17 nitrogen and oxygen atoms in total. The number of methoxy groups -OCH3 is 1. The number of primary amides is 1. The summed E-state index contributed by atoms with van der Waals surface area (Å²) >= 11 is 0. The third kappa shape index (κ3) is 8.79. The van der Waals surface area contributed by atoms with Crippen LogP contribution in [0.4, 0.5) is 21.9 Å². The average Bonchev–Trinajstić information content (AvgIpc) is 2.88. The second-order valence-corrected chi connectivity index (χ2v) is 7.39. The molecule has 0 aromatic heterocycles. The normalized spacial score (nSPS) is 11.4. The smallest absolute Gasteiger partial charge is 0.337 e. The maximum absolute atomic E-state index is 11.4. The van der Waals surface area contributed by atoms with Crippen LogP contribution in [-0.4, -0.2) is 51.2 Å². The molecule has 2 aromatic carbocycles. The molecule has 0 aliphatic heterocycles. The van der Waals surface area contributed by atoms with E-state index in [4.69, 9.17) is 16.6 Å². The van der Waals surface area contributed by atoms with Crippen molar-refractivity contribution in [2.75, 3.05) is 13.7 Å². The van der Waals surface area contributed by atoms with Crippen LogP contribution in [0.3, 0.4) is 0 Å². The van der Waals surface area contributed by atoms with Crippen LogP contribution < -0.4 is 16.9 Å². The number of hydrazone groups is 1. The molecule has 0 spiro atoms. The minimum atomic E-state index is -1.21. The van der Waals surface area contributed by atoms with E-state index in [1.165, 1.54) is 7.11 Å². The lowest BCUT2D eigenvalue weighted by Crippen LogP contribution is -2.28. The van der Waals surface area contributed by atoms with Crippen molar-refractivity contribution in [3.05, 3.63) is 77.9 Å². The summed E-state index contributed by atoms with van der Waals surface area (Å²) in [5.74, 6) is -1.39. The third-order valence-corrected chi connectivity index (χ3v) is 5.00. The van der Waals surface area contributed by atoms with Crippen LogP contribution in [0.1, 0.15) is 41.6 Å². The Bertz CT molecular complexity index is 1200. The van der Waals surface area contributed by atoms with Gasteiger partial charge >= 0.3 is 23.4 Å². The Morgan fingerprint density at radius 3 is 1.95 bits per heavy atom. The van der Waals surface area contributed by atoms with Gasteiger partial charge in [-0.2, -0.15) is 5.10 Å². The maximum Gasteiger partial charge on any atom is 0.337 e. The number of rotatable bonds is 10. The first-order valence-corrected chi connectivity index (χ1v) is 10.7. The van der Waals surface area contributed by atoms with E-state index in [1.807, 2.05) is 12.1 Å². The Morgan fingerprint density at radius 1 is 1.05 bits per heavy atom. The van der Waals surface area contributed by atoms with Crippen LogP contribution in [0.5, 0.6) is 5.75 Å². The fourth-order valence-electron chi connectivity index (χ4n) is 3.07. The third-order valence-electron chi connectivity index (χ3n) is 5.00. The van der Waals surface area contributed by atoms with Gasteiger partial charge in [-0.25, -0.2) is 15.0 Å². The lowest BCUT2D eigenvalue weighted by Gasteiger charge is -2.16. The number of benzene rings is 2. The first kappa shape index (κ1) is 30.8. The highest BCUT2D eigenvalue weighted by Gasteiger charge is 2.30. The fraction of sp³-hybridized carbons (Fsp3) is 0.286. The van der Waals surface area contributed by atoms with E-state index in [9.17, 15) is 39.9 Å². The molecule has 2 rings (SSSR count). The van der Waals surface area contributed by atoms with Crippen LogP contribution in [0, 0.1) is 30.3 Å². The molecule has 1 unspecified atom stereocenters. The van der Waals surface area contributed by atoms with Crippen molar-refractivity contribution in [2.24, 2.45) is 16.6 Å². The zero-order valence-electron chi connectivity index (χ0n) is 20.2. The molecule has 0 radical (unpaired) electrons. The molecule has 2 aromatic rings. The van der Waals surface area contributed by atoms with Gasteiger partial charge in [0.05, 0.1) is 45.3 Å². The van der Waals surface area contributed by atoms with Gasteiger partial charge in [-0.1, -0.05) is 19.1 Å². The van der Waals surface area contributed by atoms with Crippen LogP contribution in [-0.2, 0) is 4.74 Å². The quantitative estimate of drug-likeness (QED) is 0.148. The first-order chi connectivity index (χ1) is 17.9. The molecule has 0 aliphatic carbocycles. The number of ether oxygens (including phenoxy) is 1. The fourth-order valence-corrected chi connectivity index (χ4v) is 3.07. The molecule has 2 amide bonds. The number of nitro benzene ring substituents is 3. The molecular weight excluding hydrogens is 510 g/mol. The van der Waals surface area contributed by atoms with Crippen molar-refractivity contribution >= 4 is 34.8 Å². The van der Waals surface area contributed by atoms with E-state index in [-0.39, 0.29) is 18.4 Å². The monoisotopic (exact) mass is 535 g/mol. The summed E-state index contributed by atoms with van der Waals surface area (Å²) in [6, 6.07) is 7.40. The second-order valence-electron chi connectivity index (χ2n) is 7.39. The Labute approximate surface area is 214 Å². The second kappa shape index (κ2) is 14.4. The number of urea groups is 1. The van der Waals surface area contributed by atoms with E-state index in [0.717, 1.165) is 12.0 Å². The van der Waals surface area contributed by atoms with Gasteiger partial charge < -0.3 is 21.3 Å². The van der Waals surface area contributed by atoms with Crippen molar-refractivity contribution in [1.82, 2.24) is 5.43 Å². The molecule has 0 saturated heterocycles. The van der Waals surface area contributed by atoms with Crippen molar-refractivity contribution in [3.63, 3.8) is 0 Å².